The number of para-hydroxylation sites is 4. The largest absolute Gasteiger partial charge is 0.455 e. The summed E-state index contributed by atoms with van der Waals surface area (Å²) in [5.74, 6) is 0.641. The number of nitrogens with zero attached hydrogens (tertiary/aromatic N) is 3. The Kier molecular flexibility index (Phi) is 6.79. The maximum absolute atomic E-state index is 6.49. The number of fused-ring (bicyclic) bond motifs is 8. The average molecular weight is 692 g/mol. The first-order valence-electron chi connectivity index (χ1n) is 18.0. The van der Waals surface area contributed by atoms with E-state index in [-0.39, 0.29) is 0 Å². The van der Waals surface area contributed by atoms with Crippen molar-refractivity contribution in [2.45, 2.75) is 0 Å². The molecule has 0 spiro atoms. The fraction of sp³-hybridized carbons (Fsp3) is 0. The Morgan fingerprint density at radius 2 is 0.926 bits per heavy atom. The fourth-order valence-corrected chi connectivity index (χ4v) is 7.73. The van der Waals surface area contributed by atoms with Gasteiger partial charge in [-0.3, -0.25) is 0 Å². The summed E-state index contributed by atoms with van der Waals surface area (Å²) in [6, 6.07) is 60.1. The minimum absolute atomic E-state index is 0.641. The maximum Gasteiger partial charge on any atom is 0.160 e. The minimum atomic E-state index is 0.641. The highest BCUT2D eigenvalue weighted by molar-refractivity contribution is 6.19. The third-order valence-electron chi connectivity index (χ3n) is 10.3. The molecule has 252 valence electrons. The van der Waals surface area contributed by atoms with Gasteiger partial charge in [0.25, 0.3) is 0 Å². The van der Waals surface area contributed by atoms with Crippen LogP contribution in [0.3, 0.4) is 0 Å². The molecule has 0 aliphatic rings. The fourth-order valence-electron chi connectivity index (χ4n) is 7.73. The first-order valence-corrected chi connectivity index (χ1v) is 18.0. The van der Waals surface area contributed by atoms with Crippen molar-refractivity contribution in [1.29, 1.82) is 0 Å². The van der Waals surface area contributed by atoms with Crippen LogP contribution in [0.1, 0.15) is 0 Å². The van der Waals surface area contributed by atoms with Crippen LogP contribution >= 0.6 is 0 Å². The molecule has 0 unspecified atom stereocenters. The van der Waals surface area contributed by atoms with E-state index in [1.54, 1.807) is 0 Å². The molecule has 0 amide bonds. The van der Waals surface area contributed by atoms with Crippen LogP contribution in [0.4, 0.5) is 0 Å². The van der Waals surface area contributed by atoms with Gasteiger partial charge in [-0.2, -0.15) is 0 Å². The van der Waals surface area contributed by atoms with Crippen molar-refractivity contribution < 1.29 is 8.83 Å². The molecule has 4 heterocycles. The molecule has 0 aliphatic heterocycles. The zero-order valence-electron chi connectivity index (χ0n) is 28.9. The Hall–Kier alpha value is -7.37. The summed E-state index contributed by atoms with van der Waals surface area (Å²) >= 11 is 0. The number of furan rings is 2. The van der Waals surface area contributed by atoms with Crippen LogP contribution in [-0.4, -0.2) is 15.0 Å². The van der Waals surface area contributed by atoms with Crippen LogP contribution in [0.15, 0.2) is 185 Å². The second kappa shape index (κ2) is 12.1. The van der Waals surface area contributed by atoms with E-state index in [0.717, 1.165) is 105 Å². The summed E-state index contributed by atoms with van der Waals surface area (Å²) in [7, 11) is 0. The molecule has 5 nitrogen and oxygen atoms in total. The third kappa shape index (κ3) is 4.90. The van der Waals surface area contributed by atoms with Gasteiger partial charge in [0.05, 0.1) is 28.0 Å². The van der Waals surface area contributed by atoms with Crippen LogP contribution in [0.5, 0.6) is 0 Å². The molecule has 7 aromatic carbocycles. The summed E-state index contributed by atoms with van der Waals surface area (Å²) in [6.07, 6.45) is 0. The van der Waals surface area contributed by atoms with E-state index in [0.29, 0.717) is 5.82 Å². The first kappa shape index (κ1) is 30.3. The van der Waals surface area contributed by atoms with Crippen molar-refractivity contribution in [3.05, 3.63) is 176 Å². The monoisotopic (exact) mass is 691 g/mol. The lowest BCUT2D eigenvalue weighted by molar-refractivity contribution is 0.670. The summed E-state index contributed by atoms with van der Waals surface area (Å²) in [6.45, 7) is 0. The Morgan fingerprint density at radius 3 is 1.78 bits per heavy atom. The van der Waals surface area contributed by atoms with Crippen LogP contribution in [0.2, 0.25) is 0 Å². The van der Waals surface area contributed by atoms with E-state index in [9.17, 15) is 0 Å². The van der Waals surface area contributed by atoms with Gasteiger partial charge in [0.2, 0.25) is 0 Å². The number of pyridine rings is 1. The minimum Gasteiger partial charge on any atom is -0.455 e. The number of hydrogen-bond donors (Lipinski definition) is 0. The lowest BCUT2D eigenvalue weighted by Crippen LogP contribution is -1.96. The predicted molar refractivity (Wildman–Crippen MR) is 219 cm³/mol. The lowest BCUT2D eigenvalue weighted by atomic mass is 9.99. The molecule has 0 saturated heterocycles. The summed E-state index contributed by atoms with van der Waals surface area (Å²) in [5, 5.41) is 5.25. The Labute approximate surface area is 309 Å². The molecular formula is C49H29N3O2. The zero-order valence-corrected chi connectivity index (χ0v) is 28.9. The van der Waals surface area contributed by atoms with Gasteiger partial charge < -0.3 is 8.83 Å². The van der Waals surface area contributed by atoms with Crippen LogP contribution < -0.4 is 0 Å². The van der Waals surface area contributed by atoms with Gasteiger partial charge in [0, 0.05) is 49.4 Å². The van der Waals surface area contributed by atoms with Crippen molar-refractivity contribution in [1.82, 2.24) is 15.0 Å². The highest BCUT2D eigenvalue weighted by Gasteiger charge is 2.19. The Morgan fingerprint density at radius 1 is 0.352 bits per heavy atom. The van der Waals surface area contributed by atoms with E-state index in [1.807, 2.05) is 72.8 Å². The van der Waals surface area contributed by atoms with Crippen molar-refractivity contribution in [3.8, 4) is 56.3 Å². The quantitative estimate of drug-likeness (QED) is 0.180. The summed E-state index contributed by atoms with van der Waals surface area (Å²) < 4.78 is 12.9. The molecular weight excluding hydrogens is 663 g/mol. The Bertz CT molecular complexity index is 3230. The average Bonchev–Trinajstić information content (AvgIpc) is 3.83. The molecule has 0 radical (unpaired) electrons. The van der Waals surface area contributed by atoms with Gasteiger partial charge in [0.15, 0.2) is 5.82 Å². The molecule has 0 N–H and O–H groups in total. The molecule has 4 aromatic heterocycles. The molecule has 0 bridgehead atoms. The molecule has 5 heteroatoms. The molecule has 11 rings (SSSR count). The van der Waals surface area contributed by atoms with E-state index in [2.05, 4.69) is 103 Å². The van der Waals surface area contributed by atoms with Crippen molar-refractivity contribution in [3.63, 3.8) is 0 Å². The smallest absolute Gasteiger partial charge is 0.160 e. The summed E-state index contributed by atoms with van der Waals surface area (Å²) in [4.78, 5) is 15.6. The van der Waals surface area contributed by atoms with E-state index >= 15 is 0 Å². The highest BCUT2D eigenvalue weighted by atomic mass is 16.3. The van der Waals surface area contributed by atoms with Crippen LogP contribution in [-0.2, 0) is 0 Å². The number of benzene rings is 7. The molecule has 0 fully saturated rings. The van der Waals surface area contributed by atoms with E-state index in [1.165, 1.54) is 0 Å². The molecule has 11 aromatic rings. The number of aromatic nitrogens is 3. The van der Waals surface area contributed by atoms with Crippen molar-refractivity contribution in [2.24, 2.45) is 0 Å². The van der Waals surface area contributed by atoms with Gasteiger partial charge in [-0.1, -0.05) is 133 Å². The SMILES string of the molecule is c1ccc(-c2cc(-c3cccc(-c4nc5ccccc5c5oc6ccccc6c45)c3)nc(-c3cccc(-c4cccc5c4oc4ccccc45)c3)n2)cc1. The number of rotatable bonds is 5. The van der Waals surface area contributed by atoms with Crippen LogP contribution in [0.25, 0.3) is 111 Å². The van der Waals surface area contributed by atoms with Gasteiger partial charge in [-0.25, -0.2) is 15.0 Å². The standard InChI is InChI=1S/C49H29N3O2/c1-2-13-30(14-3-1)41-29-42(52-49(51-41)34-18-10-15-31(27-34)35-22-12-23-37-36-19-5-8-25-43(36)53-47(35)37)32-16-11-17-33(28-32)46-45-39-21-6-9-26-44(39)54-48(45)38-20-4-7-24-40(38)50-46/h1-29H. The van der Waals surface area contributed by atoms with Gasteiger partial charge in [-0.05, 0) is 48.0 Å². The molecule has 0 saturated carbocycles. The van der Waals surface area contributed by atoms with Crippen molar-refractivity contribution in [2.75, 3.05) is 0 Å². The van der Waals surface area contributed by atoms with Gasteiger partial charge in [0.1, 0.15) is 22.3 Å². The van der Waals surface area contributed by atoms with E-state index in [4.69, 9.17) is 23.8 Å². The third-order valence-corrected chi connectivity index (χ3v) is 10.3. The van der Waals surface area contributed by atoms with E-state index < -0.39 is 0 Å². The van der Waals surface area contributed by atoms with Gasteiger partial charge >= 0.3 is 0 Å². The predicted octanol–water partition coefficient (Wildman–Crippen LogP) is 13.2. The van der Waals surface area contributed by atoms with Gasteiger partial charge in [-0.15, -0.1) is 0 Å². The lowest BCUT2D eigenvalue weighted by Gasteiger charge is -2.12. The second-order valence-electron chi connectivity index (χ2n) is 13.6. The zero-order chi connectivity index (χ0) is 35.6. The topological polar surface area (TPSA) is 65.0 Å². The molecule has 54 heavy (non-hydrogen) atoms. The molecule has 0 aliphatic carbocycles. The highest BCUT2D eigenvalue weighted by Crippen LogP contribution is 2.41. The normalized spacial score (nSPS) is 11.7. The Balaban J connectivity index is 1.08. The number of hydrogen-bond acceptors (Lipinski definition) is 5. The second-order valence-corrected chi connectivity index (χ2v) is 13.6. The van der Waals surface area contributed by atoms with Crippen LogP contribution in [0, 0.1) is 0 Å². The van der Waals surface area contributed by atoms with Crippen molar-refractivity contribution >= 4 is 54.8 Å². The maximum atomic E-state index is 6.49. The first-order chi connectivity index (χ1) is 26.7. The summed E-state index contributed by atoms with van der Waals surface area (Å²) in [5.41, 5.74) is 12.8. The molecule has 0 atom stereocenters.